The minimum Gasteiger partial charge on any atom is -0.322 e. The standard InChI is InChI=1S/C19H16N4O2/c24-18-17(21-19(25)22-18)15-8-6-14(7-9-15)16-10-20-23(12-16)11-13-4-2-1-3-5-13/h1-10,12,17H,11H2,(H2,21,22,24,25)/t17-/m0/s1. The molecule has 3 amide bonds. The Kier molecular flexibility index (Phi) is 3.78. The maximum Gasteiger partial charge on any atom is 0.322 e. The fourth-order valence-electron chi connectivity index (χ4n) is 2.89. The largest absolute Gasteiger partial charge is 0.322 e. The molecule has 1 saturated heterocycles. The Morgan fingerprint density at radius 3 is 2.40 bits per heavy atom. The molecule has 0 aliphatic carbocycles. The van der Waals surface area contributed by atoms with Crippen LogP contribution in [0.25, 0.3) is 11.1 Å². The number of rotatable bonds is 4. The Morgan fingerprint density at radius 2 is 1.72 bits per heavy atom. The van der Waals surface area contributed by atoms with Gasteiger partial charge in [0.2, 0.25) is 0 Å². The van der Waals surface area contributed by atoms with Gasteiger partial charge in [-0.15, -0.1) is 0 Å². The van der Waals surface area contributed by atoms with Crippen molar-refractivity contribution in [2.75, 3.05) is 0 Å². The molecular formula is C19H16N4O2. The number of benzene rings is 2. The molecule has 0 spiro atoms. The summed E-state index contributed by atoms with van der Waals surface area (Å²) in [5.41, 5.74) is 3.95. The van der Waals surface area contributed by atoms with Crippen LogP contribution >= 0.6 is 0 Å². The van der Waals surface area contributed by atoms with Gasteiger partial charge in [-0.05, 0) is 16.7 Å². The summed E-state index contributed by atoms with van der Waals surface area (Å²) in [6, 6.07) is 16.6. The predicted octanol–water partition coefficient (Wildman–Crippen LogP) is 2.48. The molecule has 1 aliphatic rings. The van der Waals surface area contributed by atoms with Crippen molar-refractivity contribution in [2.45, 2.75) is 12.6 Å². The van der Waals surface area contributed by atoms with E-state index in [2.05, 4.69) is 27.9 Å². The van der Waals surface area contributed by atoms with Crippen LogP contribution in [0.5, 0.6) is 0 Å². The van der Waals surface area contributed by atoms with Crippen molar-refractivity contribution in [3.63, 3.8) is 0 Å². The first kappa shape index (κ1) is 15.1. The lowest BCUT2D eigenvalue weighted by Gasteiger charge is -2.08. The fraction of sp³-hybridized carbons (Fsp3) is 0.105. The minimum absolute atomic E-state index is 0.326. The maximum absolute atomic E-state index is 11.7. The van der Waals surface area contributed by atoms with Crippen molar-refractivity contribution in [3.05, 3.63) is 78.1 Å². The molecule has 2 aromatic carbocycles. The van der Waals surface area contributed by atoms with Crippen LogP contribution in [-0.4, -0.2) is 21.7 Å². The van der Waals surface area contributed by atoms with Gasteiger partial charge in [0.15, 0.2) is 0 Å². The second-order valence-corrected chi connectivity index (χ2v) is 5.93. The lowest BCUT2D eigenvalue weighted by Crippen LogP contribution is -2.22. The van der Waals surface area contributed by atoms with Crippen LogP contribution in [-0.2, 0) is 11.3 Å². The molecule has 0 saturated carbocycles. The number of hydrogen-bond donors (Lipinski definition) is 2. The Hall–Kier alpha value is -3.41. The zero-order valence-corrected chi connectivity index (χ0v) is 13.3. The molecule has 1 atom stereocenters. The van der Waals surface area contributed by atoms with Crippen LogP contribution in [0.15, 0.2) is 67.0 Å². The van der Waals surface area contributed by atoms with Gasteiger partial charge in [-0.2, -0.15) is 5.10 Å². The van der Waals surface area contributed by atoms with Crippen LogP contribution in [0.1, 0.15) is 17.2 Å². The van der Waals surface area contributed by atoms with Gasteiger partial charge in [0, 0.05) is 11.8 Å². The van der Waals surface area contributed by atoms with Crippen molar-refractivity contribution in [1.29, 1.82) is 0 Å². The molecule has 3 aromatic rings. The van der Waals surface area contributed by atoms with Gasteiger partial charge >= 0.3 is 6.03 Å². The highest BCUT2D eigenvalue weighted by molar-refractivity contribution is 6.04. The summed E-state index contributed by atoms with van der Waals surface area (Å²) in [4.78, 5) is 22.9. The van der Waals surface area contributed by atoms with Gasteiger partial charge in [-0.25, -0.2) is 4.79 Å². The highest BCUT2D eigenvalue weighted by Gasteiger charge is 2.30. The molecule has 1 aromatic heterocycles. The molecule has 0 bridgehead atoms. The van der Waals surface area contributed by atoms with E-state index in [1.165, 1.54) is 5.56 Å². The molecule has 4 rings (SSSR count). The van der Waals surface area contributed by atoms with Gasteiger partial charge in [-0.1, -0.05) is 54.6 Å². The number of hydrogen-bond acceptors (Lipinski definition) is 3. The van der Waals surface area contributed by atoms with Gasteiger partial charge in [0.1, 0.15) is 6.04 Å². The third kappa shape index (κ3) is 3.14. The third-order valence-corrected chi connectivity index (χ3v) is 4.17. The van der Waals surface area contributed by atoms with E-state index >= 15 is 0 Å². The van der Waals surface area contributed by atoms with Crippen LogP contribution in [0.2, 0.25) is 0 Å². The SMILES string of the molecule is O=C1NC(=O)[C@H](c2ccc(-c3cnn(Cc4ccccc4)c3)cc2)N1. The number of carbonyl (C=O) groups excluding carboxylic acids is 2. The van der Waals surface area contributed by atoms with Crippen molar-refractivity contribution in [1.82, 2.24) is 20.4 Å². The van der Waals surface area contributed by atoms with Crippen molar-refractivity contribution in [3.8, 4) is 11.1 Å². The summed E-state index contributed by atoms with van der Waals surface area (Å²) in [6.45, 7) is 0.715. The number of amides is 3. The summed E-state index contributed by atoms with van der Waals surface area (Å²) >= 11 is 0. The maximum atomic E-state index is 11.7. The number of carbonyl (C=O) groups is 2. The van der Waals surface area contributed by atoms with Crippen molar-refractivity contribution in [2.24, 2.45) is 0 Å². The van der Waals surface area contributed by atoms with E-state index in [1.54, 1.807) is 0 Å². The summed E-state index contributed by atoms with van der Waals surface area (Å²) in [5, 5.41) is 9.24. The highest BCUT2D eigenvalue weighted by atomic mass is 16.2. The smallest absolute Gasteiger partial charge is 0.322 e. The fourth-order valence-corrected chi connectivity index (χ4v) is 2.89. The summed E-state index contributed by atoms with van der Waals surface area (Å²) in [5.74, 6) is -0.326. The number of nitrogens with zero attached hydrogens (tertiary/aromatic N) is 2. The number of imide groups is 1. The molecule has 0 radical (unpaired) electrons. The summed E-state index contributed by atoms with van der Waals surface area (Å²) in [6.07, 6.45) is 3.81. The van der Waals surface area contributed by atoms with E-state index in [4.69, 9.17) is 0 Å². The van der Waals surface area contributed by atoms with E-state index in [0.717, 1.165) is 16.7 Å². The zero-order chi connectivity index (χ0) is 17.2. The second-order valence-electron chi connectivity index (χ2n) is 5.93. The molecular weight excluding hydrogens is 316 g/mol. The first-order valence-corrected chi connectivity index (χ1v) is 7.97. The Labute approximate surface area is 144 Å². The van der Waals surface area contributed by atoms with Crippen LogP contribution in [0, 0.1) is 0 Å². The Bertz CT molecular complexity index is 916. The van der Waals surface area contributed by atoms with Crippen LogP contribution in [0.4, 0.5) is 4.79 Å². The molecule has 6 nitrogen and oxygen atoms in total. The van der Waals surface area contributed by atoms with Gasteiger partial charge in [0.25, 0.3) is 5.91 Å². The second kappa shape index (κ2) is 6.24. The summed E-state index contributed by atoms with van der Waals surface area (Å²) in [7, 11) is 0. The highest BCUT2D eigenvalue weighted by Crippen LogP contribution is 2.23. The number of aromatic nitrogens is 2. The average Bonchev–Trinajstić information content (AvgIpc) is 3.22. The van der Waals surface area contributed by atoms with E-state index < -0.39 is 12.1 Å². The van der Waals surface area contributed by atoms with Gasteiger partial charge in [-0.3, -0.25) is 14.8 Å². The number of nitrogens with one attached hydrogen (secondary N) is 2. The molecule has 1 fully saturated rings. The van der Waals surface area contributed by atoms with Crippen LogP contribution in [0.3, 0.4) is 0 Å². The minimum atomic E-state index is -0.623. The number of urea groups is 1. The first-order chi connectivity index (χ1) is 12.2. The molecule has 124 valence electrons. The Morgan fingerprint density at radius 1 is 0.960 bits per heavy atom. The predicted molar refractivity (Wildman–Crippen MR) is 92.6 cm³/mol. The van der Waals surface area contributed by atoms with Crippen molar-refractivity contribution < 1.29 is 9.59 Å². The topological polar surface area (TPSA) is 76.0 Å². The third-order valence-electron chi connectivity index (χ3n) is 4.17. The first-order valence-electron chi connectivity index (χ1n) is 7.97. The van der Waals surface area contributed by atoms with E-state index in [0.29, 0.717) is 6.54 Å². The zero-order valence-electron chi connectivity index (χ0n) is 13.3. The van der Waals surface area contributed by atoms with Gasteiger partial charge in [0.05, 0.1) is 12.7 Å². The molecule has 2 heterocycles. The molecule has 0 unspecified atom stereocenters. The lowest BCUT2D eigenvalue weighted by molar-refractivity contribution is -0.120. The quantitative estimate of drug-likeness (QED) is 0.721. The van der Waals surface area contributed by atoms with E-state index in [1.807, 2.05) is 59.5 Å². The normalized spacial score (nSPS) is 16.6. The molecule has 25 heavy (non-hydrogen) atoms. The van der Waals surface area contributed by atoms with Crippen LogP contribution < -0.4 is 10.6 Å². The van der Waals surface area contributed by atoms with Crippen molar-refractivity contribution >= 4 is 11.9 Å². The monoisotopic (exact) mass is 332 g/mol. The van der Waals surface area contributed by atoms with E-state index in [-0.39, 0.29) is 5.91 Å². The summed E-state index contributed by atoms with van der Waals surface area (Å²) < 4.78 is 1.89. The molecule has 1 aliphatic heterocycles. The molecule has 2 N–H and O–H groups in total. The lowest BCUT2D eigenvalue weighted by atomic mass is 10.0. The van der Waals surface area contributed by atoms with Gasteiger partial charge < -0.3 is 5.32 Å². The average molecular weight is 332 g/mol. The molecule has 6 heteroatoms. The van der Waals surface area contributed by atoms with E-state index in [9.17, 15) is 9.59 Å². The Balaban J connectivity index is 1.51.